The Morgan fingerprint density at radius 3 is 1.02 bits per heavy atom. The number of hydrogen-bond acceptors (Lipinski definition) is 8. The van der Waals surface area contributed by atoms with Crippen LogP contribution in [0.25, 0.3) is 45.6 Å². The Hall–Kier alpha value is -4.83. The van der Waals surface area contributed by atoms with Gasteiger partial charge < -0.3 is 9.31 Å². The second-order valence-electron chi connectivity index (χ2n) is 11.6. The lowest BCUT2D eigenvalue weighted by Crippen LogP contribution is -2.41. The van der Waals surface area contributed by atoms with Gasteiger partial charge in [0.2, 0.25) is 5.28 Å². The van der Waals surface area contributed by atoms with Crippen molar-refractivity contribution < 1.29 is 9.31 Å². The summed E-state index contributed by atoms with van der Waals surface area (Å²) >= 11 is 5.99. The molecule has 1 aliphatic heterocycles. The molecule has 3 heterocycles. The Labute approximate surface area is 274 Å². The number of aromatic nitrogens is 6. The van der Waals surface area contributed by atoms with Crippen LogP contribution in [0.3, 0.4) is 0 Å². The van der Waals surface area contributed by atoms with E-state index in [-0.39, 0.29) is 5.28 Å². The van der Waals surface area contributed by atoms with Gasteiger partial charge in [0, 0.05) is 22.3 Å². The SMILES string of the molecule is CC1(C)OB(c2nc(-c3ccccc3)nc(-c3ccccc3)n2)OC1(C)C.Clc1nc(-c2ccccc2)nc(-c2ccccc2)n1. The fourth-order valence-electron chi connectivity index (χ4n) is 4.66. The molecule has 0 N–H and O–H groups in total. The van der Waals surface area contributed by atoms with Crippen molar-refractivity contribution in [2.45, 2.75) is 38.9 Å². The maximum absolute atomic E-state index is 6.16. The molecule has 0 amide bonds. The highest BCUT2D eigenvalue weighted by molar-refractivity contribution is 6.60. The van der Waals surface area contributed by atoms with Gasteiger partial charge >= 0.3 is 7.12 Å². The first kappa shape index (κ1) is 31.2. The lowest BCUT2D eigenvalue weighted by Gasteiger charge is -2.32. The maximum atomic E-state index is 6.16. The van der Waals surface area contributed by atoms with Gasteiger partial charge in [-0.05, 0) is 39.3 Å². The fraction of sp³-hybridized carbons (Fsp3) is 0.167. The molecule has 228 valence electrons. The van der Waals surface area contributed by atoms with Gasteiger partial charge in [-0.2, -0.15) is 9.97 Å². The van der Waals surface area contributed by atoms with Gasteiger partial charge in [-0.1, -0.05) is 121 Å². The van der Waals surface area contributed by atoms with Gasteiger partial charge in [0.15, 0.2) is 29.0 Å². The minimum atomic E-state index is -0.636. The molecule has 1 aliphatic rings. The first-order valence-corrected chi connectivity index (χ1v) is 15.3. The molecule has 4 aromatic carbocycles. The van der Waals surface area contributed by atoms with Gasteiger partial charge in [-0.15, -0.1) is 0 Å². The molecule has 0 bridgehead atoms. The topological polar surface area (TPSA) is 95.8 Å². The van der Waals surface area contributed by atoms with Gasteiger partial charge in [0.1, 0.15) is 0 Å². The van der Waals surface area contributed by atoms with Crippen LogP contribution in [0.4, 0.5) is 0 Å². The molecule has 2 aromatic heterocycles. The average molecular weight is 627 g/mol. The van der Waals surface area contributed by atoms with Crippen molar-refractivity contribution in [1.82, 2.24) is 29.9 Å². The van der Waals surface area contributed by atoms with Gasteiger partial charge in [-0.25, -0.2) is 19.9 Å². The van der Waals surface area contributed by atoms with Gasteiger partial charge in [-0.3, -0.25) is 0 Å². The summed E-state index contributed by atoms with van der Waals surface area (Å²) in [5.41, 5.74) is 3.27. The quantitative estimate of drug-likeness (QED) is 0.183. The summed E-state index contributed by atoms with van der Waals surface area (Å²) in [6.45, 7) is 8.07. The summed E-state index contributed by atoms with van der Waals surface area (Å²) in [5.74, 6) is 2.38. The van der Waals surface area contributed by atoms with Crippen molar-refractivity contribution >= 4 is 24.4 Å². The van der Waals surface area contributed by atoms with E-state index in [1.54, 1.807) is 0 Å². The molecule has 8 nitrogen and oxygen atoms in total. The van der Waals surface area contributed by atoms with E-state index in [1.807, 2.05) is 149 Å². The molecule has 0 atom stereocenters. The number of rotatable bonds is 5. The molecule has 1 saturated heterocycles. The zero-order valence-corrected chi connectivity index (χ0v) is 26.8. The Balaban J connectivity index is 0.000000172. The Morgan fingerprint density at radius 2 is 0.717 bits per heavy atom. The van der Waals surface area contributed by atoms with Crippen LogP contribution < -0.4 is 5.72 Å². The number of halogens is 1. The zero-order valence-electron chi connectivity index (χ0n) is 26.0. The van der Waals surface area contributed by atoms with E-state index >= 15 is 0 Å². The van der Waals surface area contributed by atoms with E-state index in [9.17, 15) is 0 Å². The summed E-state index contributed by atoms with van der Waals surface area (Å²) in [5, 5.41) is 0.202. The predicted molar refractivity (Wildman–Crippen MR) is 182 cm³/mol. The van der Waals surface area contributed by atoms with E-state index in [0.29, 0.717) is 29.0 Å². The first-order valence-electron chi connectivity index (χ1n) is 14.9. The molecular weight excluding hydrogens is 595 g/mol. The van der Waals surface area contributed by atoms with Gasteiger partial charge in [0.05, 0.1) is 11.2 Å². The third kappa shape index (κ3) is 7.02. The molecular formula is C36H32BClN6O2. The molecule has 0 unspecified atom stereocenters. The molecule has 7 rings (SSSR count). The van der Waals surface area contributed by atoms with Crippen molar-refractivity contribution in [2.24, 2.45) is 0 Å². The summed E-state index contributed by atoms with van der Waals surface area (Å²) in [6.07, 6.45) is 0. The lowest BCUT2D eigenvalue weighted by molar-refractivity contribution is 0.00578. The second kappa shape index (κ2) is 13.3. The van der Waals surface area contributed by atoms with E-state index in [1.165, 1.54) is 0 Å². The second-order valence-corrected chi connectivity index (χ2v) is 12.0. The molecule has 0 aliphatic carbocycles. The zero-order chi connectivity index (χ0) is 32.1. The molecule has 0 spiro atoms. The summed E-state index contributed by atoms with van der Waals surface area (Å²) in [4.78, 5) is 26.8. The van der Waals surface area contributed by atoms with Crippen molar-refractivity contribution in [3.05, 3.63) is 127 Å². The third-order valence-corrected chi connectivity index (χ3v) is 8.02. The molecule has 0 radical (unpaired) electrons. The molecule has 6 aromatic rings. The summed E-state index contributed by atoms with van der Waals surface area (Å²) < 4.78 is 12.3. The highest BCUT2D eigenvalue weighted by Crippen LogP contribution is 2.36. The van der Waals surface area contributed by atoms with Crippen LogP contribution in [0.2, 0.25) is 5.28 Å². The highest BCUT2D eigenvalue weighted by atomic mass is 35.5. The Morgan fingerprint density at radius 1 is 0.435 bits per heavy atom. The van der Waals surface area contributed by atoms with Crippen molar-refractivity contribution in [3.63, 3.8) is 0 Å². The molecule has 1 fully saturated rings. The normalized spacial score (nSPS) is 14.8. The van der Waals surface area contributed by atoms with Crippen LogP contribution >= 0.6 is 11.6 Å². The number of benzene rings is 4. The standard InChI is InChI=1S/C21H22BN3O2.C15H10ClN3/c1-20(2)21(3,4)27-22(26-20)19-24-17(15-11-7-5-8-12-15)23-18(25-19)16-13-9-6-10-14-16;16-15-18-13(11-7-3-1-4-8-11)17-14(19-15)12-9-5-2-6-10-12/h5-14H,1-4H3;1-10H. The fourth-order valence-corrected chi connectivity index (χ4v) is 4.82. The smallest absolute Gasteiger partial charge is 0.397 e. The molecule has 0 saturated carbocycles. The summed E-state index contributed by atoms with van der Waals surface area (Å²) in [7, 11) is -0.636. The van der Waals surface area contributed by atoms with Crippen LogP contribution in [0.1, 0.15) is 27.7 Å². The van der Waals surface area contributed by atoms with E-state index in [4.69, 9.17) is 20.9 Å². The van der Waals surface area contributed by atoms with Crippen molar-refractivity contribution in [1.29, 1.82) is 0 Å². The van der Waals surface area contributed by atoms with Crippen LogP contribution in [0.15, 0.2) is 121 Å². The Bertz CT molecular complexity index is 1780. The monoisotopic (exact) mass is 626 g/mol. The van der Waals surface area contributed by atoms with Crippen LogP contribution in [0.5, 0.6) is 0 Å². The van der Waals surface area contributed by atoms with Crippen LogP contribution in [0, 0.1) is 0 Å². The first-order chi connectivity index (χ1) is 22.2. The summed E-state index contributed by atoms with van der Waals surface area (Å²) in [6, 6.07) is 39.2. The van der Waals surface area contributed by atoms with E-state index in [0.717, 1.165) is 22.3 Å². The molecule has 46 heavy (non-hydrogen) atoms. The van der Waals surface area contributed by atoms with Crippen molar-refractivity contribution in [2.75, 3.05) is 0 Å². The number of nitrogens with zero attached hydrogens (tertiary/aromatic N) is 6. The highest BCUT2D eigenvalue weighted by Gasteiger charge is 2.53. The lowest BCUT2D eigenvalue weighted by atomic mass is 9.89. The van der Waals surface area contributed by atoms with Crippen LogP contribution in [-0.2, 0) is 9.31 Å². The predicted octanol–water partition coefficient (Wildman–Crippen LogP) is 7.36. The maximum Gasteiger partial charge on any atom is 0.534 e. The van der Waals surface area contributed by atoms with Gasteiger partial charge in [0.25, 0.3) is 0 Å². The molecule has 10 heteroatoms. The van der Waals surface area contributed by atoms with E-state index in [2.05, 4.69) is 29.9 Å². The van der Waals surface area contributed by atoms with Crippen molar-refractivity contribution in [3.8, 4) is 45.6 Å². The third-order valence-electron chi connectivity index (χ3n) is 7.85. The number of hydrogen-bond donors (Lipinski definition) is 0. The Kier molecular flexibility index (Phi) is 8.99. The largest absolute Gasteiger partial charge is 0.534 e. The van der Waals surface area contributed by atoms with Crippen LogP contribution in [-0.4, -0.2) is 48.2 Å². The minimum Gasteiger partial charge on any atom is -0.397 e. The van der Waals surface area contributed by atoms with E-state index < -0.39 is 18.3 Å². The average Bonchev–Trinajstić information content (AvgIpc) is 3.32. The minimum absolute atomic E-state index is 0.202.